The van der Waals surface area contributed by atoms with E-state index in [0.717, 1.165) is 0 Å². The van der Waals surface area contributed by atoms with Gasteiger partial charge in [-0.2, -0.15) is 11.8 Å². The van der Waals surface area contributed by atoms with E-state index in [1.807, 2.05) is 6.92 Å². The Bertz CT molecular complexity index is 222. The molecule has 0 saturated heterocycles. The van der Waals surface area contributed by atoms with E-state index >= 15 is 0 Å². The van der Waals surface area contributed by atoms with Crippen LogP contribution < -0.4 is 5.32 Å². The van der Waals surface area contributed by atoms with E-state index < -0.39 is 12.0 Å². The number of rotatable bonds is 7. The van der Waals surface area contributed by atoms with Crippen molar-refractivity contribution in [2.24, 2.45) is 0 Å². The molecule has 5 nitrogen and oxygen atoms in total. The third-order valence-electron chi connectivity index (χ3n) is 1.76. The number of aliphatic hydroxyl groups is 1. The van der Waals surface area contributed by atoms with Crippen LogP contribution in [0.3, 0.4) is 0 Å². The Morgan fingerprint density at radius 3 is 2.47 bits per heavy atom. The number of aliphatic hydroxyl groups excluding tert-OH is 1. The lowest BCUT2D eigenvalue weighted by Gasteiger charge is -2.15. The van der Waals surface area contributed by atoms with Gasteiger partial charge in [0.05, 0.1) is 0 Å². The van der Waals surface area contributed by atoms with Gasteiger partial charge < -0.3 is 15.5 Å². The molecule has 0 bridgehead atoms. The molecule has 0 aliphatic rings. The van der Waals surface area contributed by atoms with Crippen molar-refractivity contribution >= 4 is 23.6 Å². The van der Waals surface area contributed by atoms with E-state index in [0.29, 0.717) is 12.2 Å². The number of hydrogen-bond acceptors (Lipinski definition) is 4. The molecule has 0 aliphatic carbocycles. The highest BCUT2D eigenvalue weighted by atomic mass is 32.2. The highest BCUT2D eigenvalue weighted by Crippen LogP contribution is 2.14. The molecule has 0 spiro atoms. The van der Waals surface area contributed by atoms with Crippen LogP contribution in [0.5, 0.6) is 0 Å². The third-order valence-corrected chi connectivity index (χ3v) is 3.09. The van der Waals surface area contributed by atoms with Crippen molar-refractivity contribution in [1.29, 1.82) is 0 Å². The number of aliphatic carboxylic acids is 1. The maximum Gasteiger partial charge on any atom is 0.327 e. The summed E-state index contributed by atoms with van der Waals surface area (Å²) in [6.45, 7) is 3.29. The van der Waals surface area contributed by atoms with Crippen LogP contribution in [0.1, 0.15) is 20.3 Å². The smallest absolute Gasteiger partial charge is 0.327 e. The van der Waals surface area contributed by atoms with Crippen LogP contribution >= 0.6 is 11.8 Å². The molecule has 0 rings (SSSR count). The molecule has 2 atom stereocenters. The molecule has 0 heterocycles. The molecule has 15 heavy (non-hydrogen) atoms. The first-order valence-electron chi connectivity index (χ1n) is 4.69. The summed E-state index contributed by atoms with van der Waals surface area (Å²) >= 11 is 1.42. The summed E-state index contributed by atoms with van der Waals surface area (Å²) in [6, 6.07) is -0.853. The fourth-order valence-electron chi connectivity index (χ4n) is 0.946. The fourth-order valence-corrected chi connectivity index (χ4v) is 1.96. The van der Waals surface area contributed by atoms with Gasteiger partial charge in [0.25, 0.3) is 0 Å². The Hall–Kier alpha value is -0.750. The summed E-state index contributed by atoms with van der Waals surface area (Å²) < 4.78 is 0. The summed E-state index contributed by atoms with van der Waals surface area (Å²) in [5.41, 5.74) is 0. The SMILES string of the molecule is CC(=O)NC(CSC(C)CCO)C(=O)O. The highest BCUT2D eigenvalue weighted by Gasteiger charge is 2.19. The largest absolute Gasteiger partial charge is 0.480 e. The molecule has 0 radical (unpaired) electrons. The number of amides is 1. The number of thioether (sulfide) groups is 1. The molecule has 0 fully saturated rings. The van der Waals surface area contributed by atoms with Crippen LogP contribution in [-0.4, -0.2) is 45.7 Å². The summed E-state index contributed by atoms with van der Waals surface area (Å²) in [6.07, 6.45) is 0.622. The van der Waals surface area contributed by atoms with Crippen molar-refractivity contribution in [1.82, 2.24) is 5.32 Å². The predicted molar refractivity (Wildman–Crippen MR) is 58.9 cm³/mol. The van der Waals surface area contributed by atoms with Crippen molar-refractivity contribution in [3.05, 3.63) is 0 Å². The van der Waals surface area contributed by atoms with Gasteiger partial charge >= 0.3 is 5.97 Å². The van der Waals surface area contributed by atoms with Gasteiger partial charge in [-0.05, 0) is 6.42 Å². The molecule has 0 aliphatic heterocycles. The standard InChI is InChI=1S/C9H17NO4S/c1-6(3-4-11)15-5-8(9(13)14)10-7(2)12/h6,8,11H,3-5H2,1-2H3,(H,10,12)(H,13,14). The number of carbonyl (C=O) groups is 2. The van der Waals surface area contributed by atoms with Gasteiger partial charge in [0.2, 0.25) is 5.91 Å². The zero-order chi connectivity index (χ0) is 11.8. The lowest BCUT2D eigenvalue weighted by Crippen LogP contribution is -2.41. The monoisotopic (exact) mass is 235 g/mol. The molecular formula is C9H17NO4S. The van der Waals surface area contributed by atoms with Crippen LogP contribution in [-0.2, 0) is 9.59 Å². The molecule has 2 unspecified atom stereocenters. The first kappa shape index (κ1) is 14.2. The van der Waals surface area contributed by atoms with E-state index in [2.05, 4.69) is 5.32 Å². The van der Waals surface area contributed by atoms with Crippen LogP contribution in [0.4, 0.5) is 0 Å². The summed E-state index contributed by atoms with van der Waals surface area (Å²) in [4.78, 5) is 21.4. The van der Waals surface area contributed by atoms with Gasteiger partial charge in [-0.3, -0.25) is 4.79 Å². The van der Waals surface area contributed by atoms with Crippen molar-refractivity contribution in [3.63, 3.8) is 0 Å². The molecule has 0 aromatic carbocycles. The molecule has 1 amide bonds. The second-order valence-electron chi connectivity index (χ2n) is 3.25. The van der Waals surface area contributed by atoms with Crippen LogP contribution in [0.15, 0.2) is 0 Å². The lowest BCUT2D eigenvalue weighted by molar-refractivity contribution is -0.140. The topological polar surface area (TPSA) is 86.6 Å². The second-order valence-corrected chi connectivity index (χ2v) is 4.72. The summed E-state index contributed by atoms with van der Waals surface area (Å²) in [7, 11) is 0. The number of carboxylic acids is 1. The van der Waals surface area contributed by atoms with Crippen molar-refractivity contribution in [2.75, 3.05) is 12.4 Å². The van der Waals surface area contributed by atoms with Gasteiger partial charge in [0.15, 0.2) is 0 Å². The average molecular weight is 235 g/mol. The van der Waals surface area contributed by atoms with Crippen molar-refractivity contribution in [3.8, 4) is 0 Å². The third kappa shape index (κ3) is 7.21. The zero-order valence-corrected chi connectivity index (χ0v) is 9.71. The first-order valence-corrected chi connectivity index (χ1v) is 5.74. The van der Waals surface area contributed by atoms with E-state index in [9.17, 15) is 9.59 Å². The Kier molecular flexibility index (Phi) is 7.15. The Morgan fingerprint density at radius 2 is 2.07 bits per heavy atom. The van der Waals surface area contributed by atoms with Crippen LogP contribution in [0.25, 0.3) is 0 Å². The number of nitrogens with one attached hydrogen (secondary N) is 1. The van der Waals surface area contributed by atoms with E-state index in [4.69, 9.17) is 10.2 Å². The van der Waals surface area contributed by atoms with Crippen molar-refractivity contribution in [2.45, 2.75) is 31.6 Å². The fraction of sp³-hybridized carbons (Fsp3) is 0.778. The molecule has 0 aromatic rings. The Morgan fingerprint density at radius 1 is 1.47 bits per heavy atom. The molecule has 0 saturated carbocycles. The number of hydrogen-bond donors (Lipinski definition) is 3. The quantitative estimate of drug-likeness (QED) is 0.582. The zero-order valence-electron chi connectivity index (χ0n) is 8.90. The second kappa shape index (κ2) is 7.53. The number of carboxylic acid groups (broad SMARTS) is 1. The van der Waals surface area contributed by atoms with E-state index in [1.54, 1.807) is 0 Å². The van der Waals surface area contributed by atoms with Gasteiger partial charge in [0, 0.05) is 24.5 Å². The van der Waals surface area contributed by atoms with Gasteiger partial charge in [-0.1, -0.05) is 6.92 Å². The number of carbonyl (C=O) groups excluding carboxylic acids is 1. The van der Waals surface area contributed by atoms with Crippen LogP contribution in [0, 0.1) is 0 Å². The maximum atomic E-state index is 10.7. The maximum absolute atomic E-state index is 10.7. The first-order chi connectivity index (χ1) is 6.97. The average Bonchev–Trinajstić information content (AvgIpc) is 2.11. The van der Waals surface area contributed by atoms with Gasteiger partial charge in [-0.15, -0.1) is 0 Å². The normalized spacial score (nSPS) is 14.3. The molecule has 3 N–H and O–H groups in total. The minimum absolute atomic E-state index is 0.0893. The molecule has 6 heteroatoms. The Balaban J connectivity index is 3.96. The molecule has 0 aromatic heterocycles. The minimum Gasteiger partial charge on any atom is -0.480 e. The summed E-state index contributed by atoms with van der Waals surface area (Å²) in [5.74, 6) is -1.07. The van der Waals surface area contributed by atoms with E-state index in [1.165, 1.54) is 18.7 Å². The molecule has 88 valence electrons. The minimum atomic E-state index is -1.03. The van der Waals surface area contributed by atoms with E-state index in [-0.39, 0.29) is 17.8 Å². The van der Waals surface area contributed by atoms with Crippen molar-refractivity contribution < 1.29 is 19.8 Å². The highest BCUT2D eigenvalue weighted by molar-refractivity contribution is 7.99. The lowest BCUT2D eigenvalue weighted by atomic mass is 10.3. The summed E-state index contributed by atoms with van der Waals surface area (Å²) in [5, 5.41) is 20.0. The van der Waals surface area contributed by atoms with Gasteiger partial charge in [-0.25, -0.2) is 4.79 Å². The van der Waals surface area contributed by atoms with Crippen LogP contribution in [0.2, 0.25) is 0 Å². The predicted octanol–water partition coefficient (Wildman–Crippen LogP) is 0.0798. The molecular weight excluding hydrogens is 218 g/mol. The van der Waals surface area contributed by atoms with Gasteiger partial charge in [0.1, 0.15) is 6.04 Å². The Labute approximate surface area is 93.2 Å².